The van der Waals surface area contributed by atoms with Crippen molar-refractivity contribution < 1.29 is 0 Å². The SMILES string of the molecule is CCNCC1CCCc2sc(-c3ccccc3C)nc21. The van der Waals surface area contributed by atoms with Crippen molar-refractivity contribution in [2.75, 3.05) is 13.1 Å². The van der Waals surface area contributed by atoms with Crippen LogP contribution >= 0.6 is 11.3 Å². The lowest BCUT2D eigenvalue weighted by Gasteiger charge is -2.21. The van der Waals surface area contributed by atoms with Crippen LogP contribution in [0.15, 0.2) is 24.3 Å². The molecule has 1 heterocycles. The van der Waals surface area contributed by atoms with E-state index >= 15 is 0 Å². The molecule has 1 aliphatic carbocycles. The Bertz CT molecular complexity index is 588. The minimum Gasteiger partial charge on any atom is -0.316 e. The molecule has 1 aromatic carbocycles. The Morgan fingerprint density at radius 1 is 1.35 bits per heavy atom. The normalized spacial score (nSPS) is 18.0. The number of aromatic nitrogens is 1. The van der Waals surface area contributed by atoms with Gasteiger partial charge in [-0.25, -0.2) is 4.98 Å². The molecule has 1 unspecified atom stereocenters. The Morgan fingerprint density at radius 3 is 3.00 bits per heavy atom. The van der Waals surface area contributed by atoms with Gasteiger partial charge in [-0.2, -0.15) is 0 Å². The summed E-state index contributed by atoms with van der Waals surface area (Å²) in [7, 11) is 0. The molecule has 1 N–H and O–H groups in total. The molecule has 1 atom stereocenters. The van der Waals surface area contributed by atoms with Crippen molar-refractivity contribution >= 4 is 11.3 Å². The van der Waals surface area contributed by atoms with E-state index in [1.165, 1.54) is 46.0 Å². The van der Waals surface area contributed by atoms with Crippen LogP contribution in [0.5, 0.6) is 0 Å². The van der Waals surface area contributed by atoms with Crippen LogP contribution in [0.4, 0.5) is 0 Å². The van der Waals surface area contributed by atoms with E-state index in [0.29, 0.717) is 5.92 Å². The largest absolute Gasteiger partial charge is 0.316 e. The number of thiazole rings is 1. The second-order valence-corrected chi connectivity index (χ2v) is 6.62. The molecule has 2 aromatic rings. The summed E-state index contributed by atoms with van der Waals surface area (Å²) in [6, 6.07) is 8.57. The maximum absolute atomic E-state index is 4.99. The Morgan fingerprint density at radius 2 is 2.20 bits per heavy atom. The van der Waals surface area contributed by atoms with Gasteiger partial charge in [0.1, 0.15) is 5.01 Å². The zero-order valence-corrected chi connectivity index (χ0v) is 13.1. The Kier molecular flexibility index (Phi) is 4.18. The summed E-state index contributed by atoms with van der Waals surface area (Å²) in [5.74, 6) is 0.604. The van der Waals surface area contributed by atoms with Crippen LogP contribution in [-0.4, -0.2) is 18.1 Å². The van der Waals surface area contributed by atoms with Crippen LogP contribution in [0.1, 0.15) is 41.8 Å². The second-order valence-electron chi connectivity index (χ2n) is 5.54. The van der Waals surface area contributed by atoms with Gasteiger partial charge in [0.05, 0.1) is 5.69 Å². The highest BCUT2D eigenvalue weighted by Crippen LogP contribution is 2.38. The third kappa shape index (κ3) is 2.65. The topological polar surface area (TPSA) is 24.9 Å². The standard InChI is InChI=1S/C17H22N2S/c1-3-18-11-13-8-6-10-15-16(13)19-17(20-15)14-9-5-4-7-12(14)2/h4-5,7,9,13,18H,3,6,8,10-11H2,1-2H3. The lowest BCUT2D eigenvalue weighted by molar-refractivity contribution is 0.509. The Hall–Kier alpha value is -1.19. The summed E-state index contributed by atoms with van der Waals surface area (Å²) >= 11 is 1.90. The molecule has 0 fully saturated rings. The maximum atomic E-state index is 4.99. The number of nitrogens with one attached hydrogen (secondary N) is 1. The lowest BCUT2D eigenvalue weighted by atomic mass is 9.91. The highest BCUT2D eigenvalue weighted by atomic mass is 32.1. The molecule has 0 spiro atoms. The maximum Gasteiger partial charge on any atom is 0.124 e. The van der Waals surface area contributed by atoms with Crippen LogP contribution in [-0.2, 0) is 6.42 Å². The quantitative estimate of drug-likeness (QED) is 0.913. The van der Waals surface area contributed by atoms with Crippen molar-refractivity contribution in [3.63, 3.8) is 0 Å². The average Bonchev–Trinajstić information content (AvgIpc) is 2.89. The first-order chi connectivity index (χ1) is 9.79. The second kappa shape index (κ2) is 6.06. The summed E-state index contributed by atoms with van der Waals surface area (Å²) in [4.78, 5) is 6.51. The average molecular weight is 286 g/mol. The molecule has 0 aliphatic heterocycles. The summed E-state index contributed by atoms with van der Waals surface area (Å²) < 4.78 is 0. The molecule has 3 rings (SSSR count). The van der Waals surface area contributed by atoms with Crippen molar-refractivity contribution in [2.24, 2.45) is 0 Å². The fourth-order valence-electron chi connectivity index (χ4n) is 2.95. The summed E-state index contributed by atoms with van der Waals surface area (Å²) in [5, 5.41) is 4.69. The van der Waals surface area contributed by atoms with Crippen LogP contribution in [0, 0.1) is 6.92 Å². The number of benzene rings is 1. The lowest BCUT2D eigenvalue weighted by Crippen LogP contribution is -2.23. The molecule has 3 heteroatoms. The first kappa shape index (κ1) is 13.8. The van der Waals surface area contributed by atoms with Gasteiger partial charge in [-0.05, 0) is 38.3 Å². The third-order valence-electron chi connectivity index (χ3n) is 4.09. The van der Waals surface area contributed by atoms with Crippen LogP contribution in [0.2, 0.25) is 0 Å². The molecule has 0 saturated carbocycles. The zero-order chi connectivity index (χ0) is 13.9. The fourth-order valence-corrected chi connectivity index (χ4v) is 4.23. The minimum absolute atomic E-state index is 0.604. The highest BCUT2D eigenvalue weighted by Gasteiger charge is 2.24. The molecule has 0 amide bonds. The molecule has 106 valence electrons. The van der Waals surface area contributed by atoms with E-state index in [0.717, 1.165) is 13.1 Å². The molecule has 2 nitrogen and oxygen atoms in total. The number of nitrogens with zero attached hydrogens (tertiary/aromatic N) is 1. The number of hydrogen-bond acceptors (Lipinski definition) is 3. The van der Waals surface area contributed by atoms with E-state index in [4.69, 9.17) is 4.98 Å². The zero-order valence-electron chi connectivity index (χ0n) is 12.3. The highest BCUT2D eigenvalue weighted by molar-refractivity contribution is 7.15. The van der Waals surface area contributed by atoms with E-state index in [-0.39, 0.29) is 0 Å². The molecule has 20 heavy (non-hydrogen) atoms. The molecular formula is C17H22N2S. The van der Waals surface area contributed by atoms with E-state index < -0.39 is 0 Å². The van der Waals surface area contributed by atoms with E-state index in [2.05, 4.69) is 43.4 Å². The van der Waals surface area contributed by atoms with E-state index in [1.807, 2.05) is 11.3 Å². The summed E-state index contributed by atoms with van der Waals surface area (Å²) in [6.07, 6.45) is 3.79. The monoisotopic (exact) mass is 286 g/mol. The predicted octanol–water partition coefficient (Wildman–Crippen LogP) is 4.15. The van der Waals surface area contributed by atoms with Crippen LogP contribution in [0.3, 0.4) is 0 Å². The minimum atomic E-state index is 0.604. The van der Waals surface area contributed by atoms with Gasteiger partial charge in [0.2, 0.25) is 0 Å². The van der Waals surface area contributed by atoms with Crippen molar-refractivity contribution in [1.82, 2.24) is 10.3 Å². The molecule has 1 aromatic heterocycles. The first-order valence-corrected chi connectivity index (χ1v) is 8.37. The summed E-state index contributed by atoms with van der Waals surface area (Å²) in [6.45, 7) is 6.45. The Labute approximate surface area is 125 Å². The van der Waals surface area contributed by atoms with Crippen molar-refractivity contribution in [3.05, 3.63) is 40.4 Å². The van der Waals surface area contributed by atoms with Crippen LogP contribution in [0.25, 0.3) is 10.6 Å². The van der Waals surface area contributed by atoms with E-state index in [9.17, 15) is 0 Å². The van der Waals surface area contributed by atoms with E-state index in [1.54, 1.807) is 0 Å². The molecule has 1 aliphatic rings. The molecular weight excluding hydrogens is 264 g/mol. The number of likely N-dealkylation sites (N-methyl/N-ethyl adjacent to an activating group) is 1. The van der Waals surface area contributed by atoms with Gasteiger partial charge in [0.15, 0.2) is 0 Å². The number of fused-ring (bicyclic) bond motifs is 1. The van der Waals surface area contributed by atoms with Gasteiger partial charge in [-0.3, -0.25) is 0 Å². The summed E-state index contributed by atoms with van der Waals surface area (Å²) in [5.41, 5.74) is 3.98. The molecule has 0 radical (unpaired) electrons. The molecule has 0 saturated heterocycles. The van der Waals surface area contributed by atoms with Gasteiger partial charge >= 0.3 is 0 Å². The fraction of sp³-hybridized carbons (Fsp3) is 0.471. The number of aryl methyl sites for hydroxylation is 2. The number of hydrogen-bond donors (Lipinski definition) is 1. The predicted molar refractivity (Wildman–Crippen MR) is 86.5 cm³/mol. The van der Waals surface area contributed by atoms with Gasteiger partial charge in [0, 0.05) is 22.9 Å². The van der Waals surface area contributed by atoms with Crippen molar-refractivity contribution in [1.29, 1.82) is 0 Å². The van der Waals surface area contributed by atoms with Crippen molar-refractivity contribution in [3.8, 4) is 10.6 Å². The van der Waals surface area contributed by atoms with Gasteiger partial charge in [-0.1, -0.05) is 31.2 Å². The Balaban J connectivity index is 1.93. The number of rotatable bonds is 4. The van der Waals surface area contributed by atoms with Crippen molar-refractivity contribution in [2.45, 2.75) is 39.0 Å². The first-order valence-electron chi connectivity index (χ1n) is 7.56. The van der Waals surface area contributed by atoms with Crippen LogP contribution < -0.4 is 5.32 Å². The smallest absolute Gasteiger partial charge is 0.124 e. The van der Waals surface area contributed by atoms with Gasteiger partial charge in [-0.15, -0.1) is 11.3 Å². The van der Waals surface area contributed by atoms with Gasteiger partial charge in [0.25, 0.3) is 0 Å². The van der Waals surface area contributed by atoms with Gasteiger partial charge < -0.3 is 5.32 Å². The third-order valence-corrected chi connectivity index (χ3v) is 5.25. The molecule has 0 bridgehead atoms.